The number of rotatable bonds is 1. The molecule has 0 aliphatic rings. The molecule has 2 rings (SSSR count). The zero-order valence-electron chi connectivity index (χ0n) is 8.03. The molecule has 72 valence electrons. The van der Waals surface area contributed by atoms with Gasteiger partial charge in [0.15, 0.2) is 5.82 Å². The van der Waals surface area contributed by atoms with Gasteiger partial charge < -0.3 is 4.57 Å². The van der Waals surface area contributed by atoms with Crippen molar-refractivity contribution in [2.45, 2.75) is 6.92 Å². The molecule has 1 aromatic carbocycles. The highest BCUT2D eigenvalue weighted by Crippen LogP contribution is 2.22. The van der Waals surface area contributed by atoms with Gasteiger partial charge in [0.25, 0.3) is 0 Å². The lowest BCUT2D eigenvalue weighted by Gasteiger charge is -2.04. The van der Waals surface area contributed by atoms with E-state index in [0.717, 1.165) is 5.56 Å². The quantitative estimate of drug-likeness (QED) is 0.689. The van der Waals surface area contributed by atoms with E-state index in [1.54, 1.807) is 23.9 Å². The highest BCUT2D eigenvalue weighted by molar-refractivity contribution is 5.59. The van der Waals surface area contributed by atoms with E-state index in [0.29, 0.717) is 11.4 Å². The van der Waals surface area contributed by atoms with Gasteiger partial charge in [0.05, 0.1) is 0 Å². The highest BCUT2D eigenvalue weighted by Gasteiger charge is 2.09. The van der Waals surface area contributed by atoms with E-state index in [-0.39, 0.29) is 5.82 Å². The predicted molar refractivity (Wildman–Crippen MR) is 51.1 cm³/mol. The molecule has 0 aliphatic heterocycles. The Morgan fingerprint density at radius 2 is 2.14 bits per heavy atom. The molecule has 2 aromatic rings. The van der Waals surface area contributed by atoms with Crippen LogP contribution >= 0.6 is 0 Å². The molecule has 0 saturated carbocycles. The van der Waals surface area contributed by atoms with Crippen molar-refractivity contribution in [2.75, 3.05) is 0 Å². The minimum Gasteiger partial charge on any atom is -0.317 e. The molecule has 0 spiro atoms. The Morgan fingerprint density at radius 1 is 1.36 bits per heavy atom. The first-order valence-corrected chi connectivity index (χ1v) is 4.29. The molecule has 1 aromatic heterocycles. The Morgan fingerprint density at radius 3 is 2.79 bits per heavy atom. The fraction of sp³-hybridized carbons (Fsp3) is 0.200. The number of halogens is 1. The van der Waals surface area contributed by atoms with E-state index in [4.69, 9.17) is 0 Å². The van der Waals surface area contributed by atoms with Crippen LogP contribution in [-0.4, -0.2) is 14.8 Å². The normalized spacial score (nSPS) is 10.5. The summed E-state index contributed by atoms with van der Waals surface area (Å²) >= 11 is 0. The van der Waals surface area contributed by atoms with E-state index in [2.05, 4.69) is 10.2 Å². The van der Waals surface area contributed by atoms with Crippen LogP contribution in [0, 0.1) is 12.7 Å². The number of aromatic nitrogens is 3. The summed E-state index contributed by atoms with van der Waals surface area (Å²) in [6.07, 6.45) is 1.60. The van der Waals surface area contributed by atoms with E-state index in [1.807, 2.05) is 13.1 Å². The molecule has 0 N–H and O–H groups in total. The summed E-state index contributed by atoms with van der Waals surface area (Å²) in [5.41, 5.74) is 1.38. The van der Waals surface area contributed by atoms with Gasteiger partial charge in [0, 0.05) is 12.6 Å². The Kier molecular flexibility index (Phi) is 2.04. The third kappa shape index (κ3) is 1.28. The van der Waals surface area contributed by atoms with Gasteiger partial charge in [-0.2, -0.15) is 0 Å². The first-order valence-electron chi connectivity index (χ1n) is 4.29. The number of nitrogens with zero attached hydrogens (tertiary/aromatic N) is 3. The third-order valence-electron chi connectivity index (χ3n) is 2.22. The second-order valence-corrected chi connectivity index (χ2v) is 3.18. The molecule has 1 heterocycles. The average molecular weight is 191 g/mol. The molecule has 0 bridgehead atoms. The maximum absolute atomic E-state index is 13.2. The number of aryl methyl sites for hydroxylation is 1. The highest BCUT2D eigenvalue weighted by atomic mass is 19.1. The summed E-state index contributed by atoms with van der Waals surface area (Å²) < 4.78 is 15.0. The van der Waals surface area contributed by atoms with Gasteiger partial charge in [-0.3, -0.25) is 0 Å². The van der Waals surface area contributed by atoms with Crippen LogP contribution in [0.4, 0.5) is 4.39 Å². The average Bonchev–Trinajstić information content (AvgIpc) is 2.57. The zero-order valence-corrected chi connectivity index (χ0v) is 8.03. The van der Waals surface area contributed by atoms with Crippen LogP contribution in [0.2, 0.25) is 0 Å². The SMILES string of the molecule is Cc1c(F)cccc1-c1nncn1C. The van der Waals surface area contributed by atoms with Crippen LogP contribution in [0.25, 0.3) is 11.4 Å². The summed E-state index contributed by atoms with van der Waals surface area (Å²) in [6, 6.07) is 4.95. The minimum absolute atomic E-state index is 0.217. The van der Waals surface area contributed by atoms with Crippen molar-refractivity contribution >= 4 is 0 Å². The molecule has 0 atom stereocenters. The topological polar surface area (TPSA) is 30.7 Å². The van der Waals surface area contributed by atoms with E-state index < -0.39 is 0 Å². The Bertz CT molecular complexity index is 462. The summed E-state index contributed by atoms with van der Waals surface area (Å²) in [7, 11) is 1.83. The fourth-order valence-electron chi connectivity index (χ4n) is 1.38. The second-order valence-electron chi connectivity index (χ2n) is 3.18. The largest absolute Gasteiger partial charge is 0.317 e. The molecular weight excluding hydrogens is 181 g/mol. The molecule has 0 saturated heterocycles. The van der Waals surface area contributed by atoms with Crippen molar-refractivity contribution < 1.29 is 4.39 Å². The van der Waals surface area contributed by atoms with Crippen LogP contribution in [-0.2, 0) is 7.05 Å². The van der Waals surface area contributed by atoms with Gasteiger partial charge in [-0.25, -0.2) is 4.39 Å². The summed E-state index contributed by atoms with van der Waals surface area (Å²) in [4.78, 5) is 0. The van der Waals surface area contributed by atoms with Crippen LogP contribution in [0.3, 0.4) is 0 Å². The fourth-order valence-corrected chi connectivity index (χ4v) is 1.38. The van der Waals surface area contributed by atoms with E-state index >= 15 is 0 Å². The molecule has 0 radical (unpaired) electrons. The van der Waals surface area contributed by atoms with Crippen molar-refractivity contribution in [1.82, 2.24) is 14.8 Å². The molecule has 3 nitrogen and oxygen atoms in total. The van der Waals surface area contributed by atoms with Crippen LogP contribution in [0.5, 0.6) is 0 Å². The van der Waals surface area contributed by atoms with Crippen molar-refractivity contribution in [2.24, 2.45) is 7.05 Å². The predicted octanol–water partition coefficient (Wildman–Crippen LogP) is 1.93. The maximum atomic E-state index is 13.2. The van der Waals surface area contributed by atoms with Crippen molar-refractivity contribution in [3.63, 3.8) is 0 Å². The molecule has 0 aliphatic carbocycles. The first-order chi connectivity index (χ1) is 6.70. The summed E-state index contributed by atoms with van der Waals surface area (Å²) in [5.74, 6) is 0.465. The summed E-state index contributed by atoms with van der Waals surface area (Å²) in [5, 5.41) is 7.69. The Hall–Kier alpha value is -1.71. The van der Waals surface area contributed by atoms with Gasteiger partial charge >= 0.3 is 0 Å². The van der Waals surface area contributed by atoms with Gasteiger partial charge in [0.2, 0.25) is 0 Å². The molecular formula is C10H10FN3. The lowest BCUT2D eigenvalue weighted by atomic mass is 10.1. The van der Waals surface area contributed by atoms with Gasteiger partial charge in [0.1, 0.15) is 12.1 Å². The Labute approximate surface area is 81.2 Å². The van der Waals surface area contributed by atoms with Gasteiger partial charge in [-0.05, 0) is 18.6 Å². The minimum atomic E-state index is -0.217. The van der Waals surface area contributed by atoms with Crippen LogP contribution in [0.1, 0.15) is 5.56 Å². The maximum Gasteiger partial charge on any atom is 0.163 e. The number of hydrogen-bond acceptors (Lipinski definition) is 2. The third-order valence-corrected chi connectivity index (χ3v) is 2.22. The van der Waals surface area contributed by atoms with Crippen molar-refractivity contribution in [3.05, 3.63) is 35.9 Å². The second kappa shape index (κ2) is 3.21. The van der Waals surface area contributed by atoms with E-state index in [9.17, 15) is 4.39 Å². The van der Waals surface area contributed by atoms with Crippen LogP contribution in [0.15, 0.2) is 24.5 Å². The Balaban J connectivity index is 2.63. The molecule has 0 unspecified atom stereocenters. The molecule has 0 fully saturated rings. The molecule has 14 heavy (non-hydrogen) atoms. The van der Waals surface area contributed by atoms with Gasteiger partial charge in [-0.1, -0.05) is 12.1 Å². The van der Waals surface area contributed by atoms with Gasteiger partial charge in [-0.15, -0.1) is 10.2 Å². The first kappa shape index (κ1) is 8.87. The van der Waals surface area contributed by atoms with Crippen LogP contribution < -0.4 is 0 Å². The lowest BCUT2D eigenvalue weighted by molar-refractivity contribution is 0.619. The van der Waals surface area contributed by atoms with E-state index in [1.165, 1.54) is 6.07 Å². The van der Waals surface area contributed by atoms with Crippen molar-refractivity contribution in [3.8, 4) is 11.4 Å². The zero-order chi connectivity index (χ0) is 10.1. The number of benzene rings is 1. The van der Waals surface area contributed by atoms with Crippen molar-refractivity contribution in [1.29, 1.82) is 0 Å². The molecule has 4 heteroatoms. The monoisotopic (exact) mass is 191 g/mol. The standard InChI is InChI=1S/C10H10FN3/c1-7-8(4-3-5-9(7)11)10-13-12-6-14(10)2/h3-6H,1-2H3. The number of hydrogen-bond donors (Lipinski definition) is 0. The molecule has 0 amide bonds. The summed E-state index contributed by atoms with van der Waals surface area (Å²) in [6.45, 7) is 1.74. The lowest BCUT2D eigenvalue weighted by Crippen LogP contribution is -1.95. The smallest absolute Gasteiger partial charge is 0.163 e.